The van der Waals surface area contributed by atoms with E-state index in [1.165, 1.54) is 17.7 Å². The van der Waals surface area contributed by atoms with Crippen LogP contribution in [0.2, 0.25) is 0 Å². The van der Waals surface area contributed by atoms with Crippen molar-refractivity contribution in [3.63, 3.8) is 0 Å². The molecular formula is C15H21ClFNO. The molecule has 2 nitrogen and oxygen atoms in total. The number of aliphatic hydroxyl groups is 1. The van der Waals surface area contributed by atoms with Gasteiger partial charge in [-0.1, -0.05) is 12.1 Å². The minimum Gasteiger partial charge on any atom is -0.391 e. The Bertz CT molecular complexity index is 376. The van der Waals surface area contributed by atoms with Crippen LogP contribution in [0.15, 0.2) is 24.3 Å². The molecule has 4 heteroatoms. The van der Waals surface area contributed by atoms with Gasteiger partial charge in [0.2, 0.25) is 0 Å². The highest BCUT2D eigenvalue weighted by atomic mass is 35.5. The van der Waals surface area contributed by atoms with Crippen LogP contribution < -0.4 is 0 Å². The zero-order valence-electron chi connectivity index (χ0n) is 11.1. The second-order valence-electron chi connectivity index (χ2n) is 5.38. The Hall–Kier alpha value is -0.640. The molecule has 1 N–H and O–H groups in total. The highest BCUT2D eigenvalue weighted by molar-refractivity contribution is 6.18. The van der Waals surface area contributed by atoms with Crippen LogP contribution in [0.4, 0.5) is 4.39 Å². The lowest BCUT2D eigenvalue weighted by atomic mass is 9.90. The van der Waals surface area contributed by atoms with Crippen molar-refractivity contribution in [2.24, 2.45) is 5.92 Å². The quantitative estimate of drug-likeness (QED) is 0.841. The van der Waals surface area contributed by atoms with E-state index in [1.807, 2.05) is 12.1 Å². The Morgan fingerprint density at radius 1 is 1.26 bits per heavy atom. The van der Waals surface area contributed by atoms with Crippen LogP contribution in [0, 0.1) is 11.7 Å². The second-order valence-corrected chi connectivity index (χ2v) is 5.69. The van der Waals surface area contributed by atoms with Crippen molar-refractivity contribution in [1.82, 2.24) is 4.90 Å². The summed E-state index contributed by atoms with van der Waals surface area (Å²) in [6.45, 7) is 2.70. The minimum atomic E-state index is -0.421. The lowest BCUT2D eigenvalue weighted by Gasteiger charge is -2.32. The maximum absolute atomic E-state index is 12.8. The van der Waals surface area contributed by atoms with Gasteiger partial charge in [-0.25, -0.2) is 4.39 Å². The summed E-state index contributed by atoms with van der Waals surface area (Å²) in [6.07, 6.45) is 2.86. The third-order valence-electron chi connectivity index (χ3n) is 3.79. The van der Waals surface area contributed by atoms with E-state index >= 15 is 0 Å². The number of hydrogen-bond donors (Lipinski definition) is 1. The van der Waals surface area contributed by atoms with E-state index in [9.17, 15) is 9.50 Å². The number of β-amino-alcohol motifs (C(OH)–C–C–N with tert-alkyl or cyclic N) is 1. The van der Waals surface area contributed by atoms with Crippen molar-refractivity contribution in [2.45, 2.75) is 25.4 Å². The van der Waals surface area contributed by atoms with Crippen LogP contribution in [-0.4, -0.2) is 41.6 Å². The summed E-state index contributed by atoms with van der Waals surface area (Å²) in [7, 11) is 0. The number of nitrogens with zero attached hydrogens (tertiary/aromatic N) is 1. The lowest BCUT2D eigenvalue weighted by Crippen LogP contribution is -2.39. The van der Waals surface area contributed by atoms with Gasteiger partial charge in [-0.05, 0) is 56.0 Å². The predicted molar refractivity (Wildman–Crippen MR) is 76.0 cm³/mol. The number of halogens is 2. The summed E-state index contributed by atoms with van der Waals surface area (Å²) in [5.41, 5.74) is 1.21. The van der Waals surface area contributed by atoms with Crippen LogP contribution in [0.25, 0.3) is 0 Å². The fourth-order valence-electron chi connectivity index (χ4n) is 2.67. The predicted octanol–water partition coefficient (Wildman–Crippen LogP) is 2.68. The van der Waals surface area contributed by atoms with Gasteiger partial charge < -0.3 is 10.0 Å². The maximum Gasteiger partial charge on any atom is 0.123 e. The molecule has 106 valence electrons. The molecule has 2 rings (SSSR count). The number of benzene rings is 1. The topological polar surface area (TPSA) is 23.5 Å². The van der Waals surface area contributed by atoms with Crippen LogP contribution in [-0.2, 0) is 6.42 Å². The minimum absolute atomic E-state index is 0.173. The van der Waals surface area contributed by atoms with Gasteiger partial charge >= 0.3 is 0 Å². The maximum atomic E-state index is 12.8. The van der Waals surface area contributed by atoms with Crippen molar-refractivity contribution in [3.05, 3.63) is 35.6 Å². The zero-order chi connectivity index (χ0) is 13.7. The van der Waals surface area contributed by atoms with Gasteiger partial charge in [-0.3, -0.25) is 0 Å². The van der Waals surface area contributed by atoms with Crippen molar-refractivity contribution < 1.29 is 9.50 Å². The van der Waals surface area contributed by atoms with E-state index in [1.54, 1.807) is 0 Å². The molecule has 19 heavy (non-hydrogen) atoms. The van der Waals surface area contributed by atoms with Gasteiger partial charge in [0.15, 0.2) is 0 Å². The number of aliphatic hydroxyl groups excluding tert-OH is 1. The number of likely N-dealkylation sites (tertiary alicyclic amines) is 1. The Labute approximate surface area is 119 Å². The van der Waals surface area contributed by atoms with E-state index in [-0.39, 0.29) is 5.82 Å². The van der Waals surface area contributed by atoms with Gasteiger partial charge in [-0.2, -0.15) is 0 Å². The van der Waals surface area contributed by atoms with Crippen LogP contribution in [0.1, 0.15) is 18.4 Å². The van der Waals surface area contributed by atoms with E-state index in [0.717, 1.165) is 32.4 Å². The third kappa shape index (κ3) is 4.75. The molecule has 1 saturated heterocycles. The molecule has 1 aliphatic rings. The SMILES string of the molecule is OC(CCl)CN1CCC(Cc2ccc(F)cc2)CC1. The summed E-state index contributed by atoms with van der Waals surface area (Å²) < 4.78 is 12.8. The molecule has 1 aromatic rings. The largest absolute Gasteiger partial charge is 0.391 e. The number of rotatable bonds is 5. The number of alkyl halides is 1. The fourth-order valence-corrected chi connectivity index (χ4v) is 2.77. The first-order chi connectivity index (χ1) is 9.17. The summed E-state index contributed by atoms with van der Waals surface area (Å²) in [5.74, 6) is 0.790. The van der Waals surface area contributed by atoms with E-state index in [0.29, 0.717) is 18.3 Å². The van der Waals surface area contributed by atoms with Gasteiger partial charge in [0.1, 0.15) is 5.82 Å². The van der Waals surface area contributed by atoms with Crippen molar-refractivity contribution in [1.29, 1.82) is 0 Å². The van der Waals surface area contributed by atoms with E-state index in [4.69, 9.17) is 11.6 Å². The van der Waals surface area contributed by atoms with Crippen molar-refractivity contribution >= 4 is 11.6 Å². The van der Waals surface area contributed by atoms with E-state index in [2.05, 4.69) is 4.90 Å². The summed E-state index contributed by atoms with van der Waals surface area (Å²) >= 11 is 5.61. The third-order valence-corrected chi connectivity index (χ3v) is 4.15. The fraction of sp³-hybridized carbons (Fsp3) is 0.600. The number of hydrogen-bond acceptors (Lipinski definition) is 2. The Kier molecular flexibility index (Phi) is 5.61. The van der Waals surface area contributed by atoms with Gasteiger partial charge in [0.25, 0.3) is 0 Å². The summed E-state index contributed by atoms with van der Waals surface area (Å²) in [4.78, 5) is 2.27. The molecule has 0 aliphatic carbocycles. The molecule has 1 aliphatic heterocycles. The Morgan fingerprint density at radius 2 is 1.89 bits per heavy atom. The standard InChI is InChI=1S/C15H21ClFNO/c16-10-15(19)11-18-7-5-13(6-8-18)9-12-1-3-14(17)4-2-12/h1-4,13,15,19H,5-11H2. The summed E-state index contributed by atoms with van der Waals surface area (Å²) in [5, 5.41) is 9.53. The normalized spacial score (nSPS) is 19.5. The first-order valence-electron chi connectivity index (χ1n) is 6.88. The van der Waals surface area contributed by atoms with Gasteiger partial charge in [-0.15, -0.1) is 11.6 Å². The highest BCUT2D eigenvalue weighted by Crippen LogP contribution is 2.22. The van der Waals surface area contributed by atoms with Crippen LogP contribution in [0.3, 0.4) is 0 Å². The van der Waals surface area contributed by atoms with Gasteiger partial charge in [0, 0.05) is 12.4 Å². The van der Waals surface area contributed by atoms with Crippen molar-refractivity contribution in [3.8, 4) is 0 Å². The monoisotopic (exact) mass is 285 g/mol. The Morgan fingerprint density at radius 3 is 2.47 bits per heavy atom. The van der Waals surface area contributed by atoms with Gasteiger partial charge in [0.05, 0.1) is 6.10 Å². The van der Waals surface area contributed by atoms with Crippen molar-refractivity contribution in [2.75, 3.05) is 25.5 Å². The van der Waals surface area contributed by atoms with Crippen LogP contribution >= 0.6 is 11.6 Å². The molecule has 0 saturated carbocycles. The molecule has 0 radical (unpaired) electrons. The molecular weight excluding hydrogens is 265 g/mol. The smallest absolute Gasteiger partial charge is 0.123 e. The Balaban J connectivity index is 1.75. The average molecular weight is 286 g/mol. The molecule has 0 bridgehead atoms. The number of piperidine rings is 1. The molecule has 0 aromatic heterocycles. The molecule has 1 aromatic carbocycles. The zero-order valence-corrected chi connectivity index (χ0v) is 11.8. The molecule has 1 fully saturated rings. The summed E-state index contributed by atoms with van der Waals surface area (Å²) in [6, 6.07) is 6.81. The molecule has 1 heterocycles. The molecule has 0 spiro atoms. The average Bonchev–Trinajstić information content (AvgIpc) is 2.43. The molecule has 1 atom stereocenters. The second kappa shape index (κ2) is 7.22. The first-order valence-corrected chi connectivity index (χ1v) is 7.41. The highest BCUT2D eigenvalue weighted by Gasteiger charge is 2.20. The van der Waals surface area contributed by atoms with E-state index < -0.39 is 6.10 Å². The molecule has 1 unspecified atom stereocenters. The molecule has 0 amide bonds. The van der Waals surface area contributed by atoms with Crippen LogP contribution in [0.5, 0.6) is 0 Å². The lowest BCUT2D eigenvalue weighted by molar-refractivity contribution is 0.102. The first kappa shape index (κ1) is 14.8.